The topological polar surface area (TPSA) is 101 Å². The fraction of sp³-hybridized carbons (Fsp3) is 0.500. The average molecular weight is 293 g/mol. The highest BCUT2D eigenvalue weighted by atomic mass is 16.5. The van der Waals surface area contributed by atoms with Crippen molar-refractivity contribution >= 4 is 12.0 Å². The first-order chi connectivity index (χ1) is 10.1. The summed E-state index contributed by atoms with van der Waals surface area (Å²) in [5.74, 6) is -0.329. The number of methoxy groups -OCH3 is 1. The van der Waals surface area contributed by atoms with Crippen molar-refractivity contribution in [3.63, 3.8) is 0 Å². The molecule has 0 aromatic carbocycles. The largest absolute Gasteiger partial charge is 0.481 e. The van der Waals surface area contributed by atoms with Gasteiger partial charge in [0.15, 0.2) is 0 Å². The Labute approximate surface area is 122 Å². The van der Waals surface area contributed by atoms with Gasteiger partial charge in [0.05, 0.1) is 12.5 Å². The van der Waals surface area contributed by atoms with Crippen molar-refractivity contribution in [1.82, 2.24) is 15.6 Å². The van der Waals surface area contributed by atoms with Gasteiger partial charge in [0.25, 0.3) is 0 Å². The summed E-state index contributed by atoms with van der Waals surface area (Å²) in [5, 5.41) is 14.5. The lowest BCUT2D eigenvalue weighted by Gasteiger charge is -2.37. The fourth-order valence-electron chi connectivity index (χ4n) is 2.20. The van der Waals surface area contributed by atoms with Gasteiger partial charge in [-0.25, -0.2) is 9.78 Å². The molecule has 1 aromatic heterocycles. The third-order valence-electron chi connectivity index (χ3n) is 3.81. The maximum absolute atomic E-state index is 11.7. The van der Waals surface area contributed by atoms with Crippen LogP contribution >= 0.6 is 0 Å². The minimum Gasteiger partial charge on any atom is -0.481 e. The lowest BCUT2D eigenvalue weighted by atomic mass is 9.69. The number of ether oxygens (including phenoxy) is 1. The van der Waals surface area contributed by atoms with Crippen molar-refractivity contribution in [1.29, 1.82) is 0 Å². The van der Waals surface area contributed by atoms with Crippen LogP contribution in [0, 0.1) is 5.41 Å². The number of urea groups is 1. The van der Waals surface area contributed by atoms with Gasteiger partial charge in [-0.15, -0.1) is 0 Å². The zero-order valence-corrected chi connectivity index (χ0v) is 11.9. The molecule has 0 saturated heterocycles. The number of amides is 2. The van der Waals surface area contributed by atoms with Crippen LogP contribution in [0.25, 0.3) is 0 Å². The second-order valence-corrected chi connectivity index (χ2v) is 5.18. The molecular formula is C14H19N3O4. The van der Waals surface area contributed by atoms with Gasteiger partial charge in [0, 0.05) is 25.4 Å². The van der Waals surface area contributed by atoms with Gasteiger partial charge in [-0.1, -0.05) is 12.5 Å². The van der Waals surface area contributed by atoms with E-state index < -0.39 is 11.4 Å². The monoisotopic (exact) mass is 293 g/mol. The summed E-state index contributed by atoms with van der Waals surface area (Å²) in [5.41, 5.74) is 0.0569. The molecule has 21 heavy (non-hydrogen) atoms. The quantitative estimate of drug-likeness (QED) is 0.730. The summed E-state index contributed by atoms with van der Waals surface area (Å²) >= 11 is 0. The molecule has 1 saturated carbocycles. The highest BCUT2D eigenvalue weighted by Gasteiger charge is 2.44. The predicted octanol–water partition coefficient (Wildman–Crippen LogP) is 1.14. The Hall–Kier alpha value is -2.31. The number of aliphatic carboxylic acids is 1. The molecule has 0 aliphatic heterocycles. The maximum atomic E-state index is 11.7. The van der Waals surface area contributed by atoms with Gasteiger partial charge in [-0.2, -0.15) is 0 Å². The summed E-state index contributed by atoms with van der Waals surface area (Å²) in [6.45, 7) is 0.484. The molecule has 0 unspecified atom stereocenters. The van der Waals surface area contributed by atoms with Crippen molar-refractivity contribution in [3.05, 3.63) is 23.9 Å². The van der Waals surface area contributed by atoms with Gasteiger partial charge in [-0.3, -0.25) is 4.79 Å². The summed E-state index contributed by atoms with van der Waals surface area (Å²) in [6.07, 6.45) is 3.74. The van der Waals surface area contributed by atoms with Gasteiger partial charge < -0.3 is 20.5 Å². The molecule has 2 amide bonds. The molecule has 1 aliphatic rings. The van der Waals surface area contributed by atoms with Crippen molar-refractivity contribution in [2.45, 2.75) is 25.8 Å². The van der Waals surface area contributed by atoms with Crippen LogP contribution in [0.5, 0.6) is 5.88 Å². The molecule has 0 bridgehead atoms. The van der Waals surface area contributed by atoms with Crippen LogP contribution in [0.15, 0.2) is 18.3 Å². The molecule has 1 aromatic rings. The Morgan fingerprint density at radius 1 is 1.38 bits per heavy atom. The number of pyridine rings is 1. The summed E-state index contributed by atoms with van der Waals surface area (Å²) in [7, 11) is 1.53. The summed E-state index contributed by atoms with van der Waals surface area (Å²) in [4.78, 5) is 26.9. The normalized spacial score (nSPS) is 15.7. The van der Waals surface area contributed by atoms with E-state index in [2.05, 4.69) is 15.6 Å². The van der Waals surface area contributed by atoms with Crippen molar-refractivity contribution in [2.75, 3.05) is 13.7 Å². The Bertz CT molecular complexity index is 511. The molecule has 1 aliphatic carbocycles. The number of carboxylic acids is 1. The van der Waals surface area contributed by atoms with E-state index in [0.717, 1.165) is 12.0 Å². The Balaban J connectivity index is 1.75. The maximum Gasteiger partial charge on any atom is 0.315 e. The van der Waals surface area contributed by atoms with Gasteiger partial charge in [0.2, 0.25) is 5.88 Å². The number of aromatic nitrogens is 1. The molecule has 114 valence electrons. The van der Waals surface area contributed by atoms with E-state index in [9.17, 15) is 9.59 Å². The van der Waals surface area contributed by atoms with Crippen molar-refractivity contribution in [2.24, 2.45) is 5.41 Å². The van der Waals surface area contributed by atoms with Crippen LogP contribution in [0.4, 0.5) is 4.79 Å². The molecule has 7 nitrogen and oxygen atoms in total. The molecule has 0 radical (unpaired) electrons. The second kappa shape index (κ2) is 6.43. The third kappa shape index (κ3) is 3.62. The first-order valence-electron chi connectivity index (χ1n) is 6.80. The molecule has 2 rings (SSSR count). The lowest BCUT2D eigenvalue weighted by Crippen LogP contribution is -2.49. The molecule has 0 atom stereocenters. The van der Waals surface area contributed by atoms with Crippen LogP contribution in [0.2, 0.25) is 0 Å². The van der Waals surface area contributed by atoms with E-state index in [0.29, 0.717) is 25.3 Å². The van der Waals surface area contributed by atoms with Gasteiger partial charge >= 0.3 is 12.0 Å². The number of nitrogens with zero attached hydrogens (tertiary/aromatic N) is 1. The fourth-order valence-corrected chi connectivity index (χ4v) is 2.20. The van der Waals surface area contributed by atoms with Crippen LogP contribution in [0.3, 0.4) is 0 Å². The number of nitrogens with one attached hydrogen (secondary N) is 2. The second-order valence-electron chi connectivity index (χ2n) is 5.18. The SMILES string of the molecule is COc1ccc(CNC(=O)NCC2(C(=O)O)CCC2)cn1. The molecular weight excluding hydrogens is 274 g/mol. The summed E-state index contributed by atoms with van der Waals surface area (Å²) < 4.78 is 4.95. The average Bonchev–Trinajstić information content (AvgIpc) is 2.44. The number of hydrogen-bond donors (Lipinski definition) is 3. The van der Waals surface area contributed by atoms with E-state index in [1.807, 2.05) is 0 Å². The molecule has 0 spiro atoms. The number of carbonyl (C=O) groups is 2. The molecule has 7 heteroatoms. The minimum absolute atomic E-state index is 0.162. The van der Waals surface area contributed by atoms with E-state index in [1.54, 1.807) is 18.3 Å². The molecule has 1 heterocycles. The van der Waals surface area contributed by atoms with Crippen molar-refractivity contribution < 1.29 is 19.4 Å². The van der Waals surface area contributed by atoms with Crippen LogP contribution in [0.1, 0.15) is 24.8 Å². The van der Waals surface area contributed by atoms with E-state index in [-0.39, 0.29) is 12.6 Å². The van der Waals surface area contributed by atoms with Crippen LogP contribution in [-0.4, -0.2) is 35.7 Å². The number of rotatable bonds is 6. The number of hydrogen-bond acceptors (Lipinski definition) is 4. The number of carbonyl (C=O) groups excluding carboxylic acids is 1. The lowest BCUT2D eigenvalue weighted by molar-refractivity contribution is -0.153. The third-order valence-corrected chi connectivity index (χ3v) is 3.81. The highest BCUT2D eigenvalue weighted by Crippen LogP contribution is 2.40. The Kier molecular flexibility index (Phi) is 4.62. The Morgan fingerprint density at radius 3 is 2.62 bits per heavy atom. The van der Waals surface area contributed by atoms with E-state index in [4.69, 9.17) is 9.84 Å². The van der Waals surface area contributed by atoms with E-state index >= 15 is 0 Å². The molecule has 3 N–H and O–H groups in total. The Morgan fingerprint density at radius 2 is 2.14 bits per heavy atom. The first kappa shape index (κ1) is 15.1. The first-order valence-corrected chi connectivity index (χ1v) is 6.80. The number of carboxylic acid groups (broad SMARTS) is 1. The van der Waals surface area contributed by atoms with Crippen LogP contribution < -0.4 is 15.4 Å². The zero-order valence-electron chi connectivity index (χ0n) is 11.9. The van der Waals surface area contributed by atoms with Crippen LogP contribution in [-0.2, 0) is 11.3 Å². The van der Waals surface area contributed by atoms with Gasteiger partial charge in [-0.05, 0) is 18.4 Å². The zero-order chi connectivity index (χ0) is 15.3. The molecule has 1 fully saturated rings. The smallest absolute Gasteiger partial charge is 0.315 e. The van der Waals surface area contributed by atoms with E-state index in [1.165, 1.54) is 7.11 Å². The predicted molar refractivity (Wildman–Crippen MR) is 74.9 cm³/mol. The minimum atomic E-state index is -0.839. The van der Waals surface area contributed by atoms with Crippen molar-refractivity contribution in [3.8, 4) is 5.88 Å². The highest BCUT2D eigenvalue weighted by molar-refractivity contribution is 5.78. The van der Waals surface area contributed by atoms with Gasteiger partial charge in [0.1, 0.15) is 0 Å². The summed E-state index contributed by atoms with van der Waals surface area (Å²) in [6, 6.07) is 3.14. The standard InChI is InChI=1S/C14H19N3O4/c1-21-11-4-3-10(7-15-11)8-16-13(20)17-9-14(12(18)19)5-2-6-14/h3-4,7H,2,5-6,8-9H2,1H3,(H,18,19)(H2,16,17,20).